The Hall–Kier alpha value is -0.290. The van der Waals surface area contributed by atoms with Gasteiger partial charge in [0.2, 0.25) is 0 Å². The second kappa shape index (κ2) is 7.90. The van der Waals surface area contributed by atoms with E-state index < -0.39 is 12.7 Å². The topological polar surface area (TPSA) is 15.3 Å². The molecule has 0 fully saturated rings. The standard InChI is InChI=1S/C11H23F3N2/c1-4-10(5-2)15-7-6-8-16(3)9-11(12,13)14/h10,15H,4-9H2,1-3H3. The molecule has 0 saturated carbocycles. The van der Waals surface area contributed by atoms with Gasteiger partial charge in [0.25, 0.3) is 0 Å². The third kappa shape index (κ3) is 8.97. The lowest BCUT2D eigenvalue weighted by molar-refractivity contribution is -0.143. The highest BCUT2D eigenvalue weighted by atomic mass is 19.4. The van der Waals surface area contributed by atoms with Crippen molar-refractivity contribution in [3.8, 4) is 0 Å². The van der Waals surface area contributed by atoms with Gasteiger partial charge in [-0.3, -0.25) is 4.90 Å². The lowest BCUT2D eigenvalue weighted by Gasteiger charge is -2.19. The minimum Gasteiger partial charge on any atom is -0.314 e. The van der Waals surface area contributed by atoms with E-state index in [-0.39, 0.29) is 0 Å². The van der Waals surface area contributed by atoms with Crippen LogP contribution in [0, 0.1) is 0 Å². The maximum absolute atomic E-state index is 12.0. The Labute approximate surface area is 96.2 Å². The molecule has 98 valence electrons. The van der Waals surface area contributed by atoms with Crippen LogP contribution < -0.4 is 5.32 Å². The molecule has 0 saturated heterocycles. The van der Waals surface area contributed by atoms with Crippen LogP contribution in [-0.4, -0.2) is 43.8 Å². The van der Waals surface area contributed by atoms with E-state index in [1.165, 1.54) is 11.9 Å². The van der Waals surface area contributed by atoms with Crippen LogP contribution in [0.1, 0.15) is 33.1 Å². The third-order valence-corrected chi connectivity index (χ3v) is 2.58. The summed E-state index contributed by atoms with van der Waals surface area (Å²) >= 11 is 0. The summed E-state index contributed by atoms with van der Waals surface area (Å²) in [4.78, 5) is 1.31. The van der Waals surface area contributed by atoms with E-state index in [0.29, 0.717) is 12.6 Å². The van der Waals surface area contributed by atoms with Gasteiger partial charge < -0.3 is 5.32 Å². The first kappa shape index (κ1) is 15.7. The smallest absolute Gasteiger partial charge is 0.314 e. The van der Waals surface area contributed by atoms with Gasteiger partial charge in [-0.15, -0.1) is 0 Å². The molecule has 0 rings (SSSR count). The second-order valence-corrected chi connectivity index (χ2v) is 4.17. The van der Waals surface area contributed by atoms with Crippen LogP contribution in [0.2, 0.25) is 0 Å². The van der Waals surface area contributed by atoms with Crippen LogP contribution in [0.4, 0.5) is 13.2 Å². The molecule has 0 aromatic carbocycles. The number of hydrogen-bond donors (Lipinski definition) is 1. The SMILES string of the molecule is CCC(CC)NCCCN(C)CC(F)(F)F. The zero-order valence-corrected chi connectivity index (χ0v) is 10.4. The molecule has 0 aliphatic heterocycles. The number of rotatable bonds is 8. The average Bonchev–Trinajstić information content (AvgIpc) is 2.15. The summed E-state index contributed by atoms with van der Waals surface area (Å²) in [5, 5.41) is 3.33. The first-order valence-corrected chi connectivity index (χ1v) is 5.87. The minimum atomic E-state index is -4.09. The van der Waals surface area contributed by atoms with Crippen molar-refractivity contribution in [3.63, 3.8) is 0 Å². The number of hydrogen-bond acceptors (Lipinski definition) is 2. The largest absolute Gasteiger partial charge is 0.401 e. The fraction of sp³-hybridized carbons (Fsp3) is 1.00. The molecule has 2 nitrogen and oxygen atoms in total. The van der Waals surface area contributed by atoms with E-state index in [1.54, 1.807) is 0 Å². The monoisotopic (exact) mass is 240 g/mol. The Morgan fingerprint density at radius 2 is 1.75 bits per heavy atom. The molecule has 1 N–H and O–H groups in total. The summed E-state index contributed by atoms with van der Waals surface area (Å²) in [7, 11) is 1.50. The van der Waals surface area contributed by atoms with E-state index in [2.05, 4.69) is 19.2 Å². The molecule has 0 radical (unpaired) electrons. The molecule has 0 heterocycles. The van der Waals surface area contributed by atoms with Gasteiger partial charge in [0, 0.05) is 6.04 Å². The van der Waals surface area contributed by atoms with Crippen molar-refractivity contribution in [1.29, 1.82) is 0 Å². The minimum absolute atomic E-state index is 0.479. The van der Waals surface area contributed by atoms with Crippen molar-refractivity contribution in [3.05, 3.63) is 0 Å². The van der Waals surface area contributed by atoms with Crippen molar-refractivity contribution in [2.24, 2.45) is 0 Å². The van der Waals surface area contributed by atoms with Gasteiger partial charge in [0.1, 0.15) is 0 Å². The molecule has 0 amide bonds. The van der Waals surface area contributed by atoms with Gasteiger partial charge in [-0.1, -0.05) is 13.8 Å². The highest BCUT2D eigenvalue weighted by Gasteiger charge is 2.28. The van der Waals surface area contributed by atoms with E-state index >= 15 is 0 Å². The van der Waals surface area contributed by atoms with E-state index in [9.17, 15) is 13.2 Å². The highest BCUT2D eigenvalue weighted by Crippen LogP contribution is 2.15. The summed E-state index contributed by atoms with van der Waals surface area (Å²) in [6, 6.07) is 0.493. The number of alkyl halides is 3. The van der Waals surface area contributed by atoms with Crippen LogP contribution >= 0.6 is 0 Å². The lowest BCUT2D eigenvalue weighted by atomic mass is 10.2. The fourth-order valence-electron chi connectivity index (χ4n) is 1.62. The van der Waals surface area contributed by atoms with Crippen molar-refractivity contribution >= 4 is 0 Å². The Bertz CT molecular complexity index is 167. The van der Waals surface area contributed by atoms with E-state index in [1.807, 2.05) is 0 Å². The van der Waals surface area contributed by atoms with Gasteiger partial charge in [-0.25, -0.2) is 0 Å². The van der Waals surface area contributed by atoms with Gasteiger partial charge in [-0.05, 0) is 39.4 Å². The Morgan fingerprint density at radius 3 is 2.19 bits per heavy atom. The van der Waals surface area contributed by atoms with Gasteiger partial charge in [0.05, 0.1) is 6.54 Å². The number of nitrogens with zero attached hydrogens (tertiary/aromatic N) is 1. The first-order valence-electron chi connectivity index (χ1n) is 5.87. The first-order chi connectivity index (χ1) is 7.39. The second-order valence-electron chi connectivity index (χ2n) is 4.17. The summed E-state index contributed by atoms with van der Waals surface area (Å²) in [5.74, 6) is 0. The molecule has 0 spiro atoms. The molecule has 0 aliphatic rings. The van der Waals surface area contributed by atoms with E-state index in [4.69, 9.17) is 0 Å². The van der Waals surface area contributed by atoms with Crippen LogP contribution in [0.3, 0.4) is 0 Å². The van der Waals surface area contributed by atoms with Crippen LogP contribution in [0.5, 0.6) is 0 Å². The van der Waals surface area contributed by atoms with Crippen LogP contribution in [0.15, 0.2) is 0 Å². The number of halogens is 3. The Kier molecular flexibility index (Phi) is 7.76. The Balaban J connectivity index is 3.51. The van der Waals surface area contributed by atoms with Crippen LogP contribution in [-0.2, 0) is 0 Å². The maximum Gasteiger partial charge on any atom is 0.401 e. The van der Waals surface area contributed by atoms with Gasteiger partial charge in [-0.2, -0.15) is 13.2 Å². The zero-order valence-electron chi connectivity index (χ0n) is 10.4. The molecule has 5 heteroatoms. The van der Waals surface area contributed by atoms with E-state index in [0.717, 1.165) is 25.8 Å². The fourth-order valence-corrected chi connectivity index (χ4v) is 1.62. The lowest BCUT2D eigenvalue weighted by Crippen LogP contribution is -2.34. The molecule has 0 bridgehead atoms. The van der Waals surface area contributed by atoms with Gasteiger partial charge >= 0.3 is 6.18 Å². The quantitative estimate of drug-likeness (QED) is 0.656. The summed E-state index contributed by atoms with van der Waals surface area (Å²) in [5.41, 5.74) is 0. The molecule has 0 aliphatic carbocycles. The van der Waals surface area contributed by atoms with Crippen LogP contribution in [0.25, 0.3) is 0 Å². The highest BCUT2D eigenvalue weighted by molar-refractivity contribution is 4.64. The van der Waals surface area contributed by atoms with Crippen molar-refractivity contribution in [2.45, 2.75) is 45.3 Å². The van der Waals surface area contributed by atoms with Crippen molar-refractivity contribution in [2.75, 3.05) is 26.7 Å². The predicted octanol–water partition coefficient (Wildman–Crippen LogP) is 2.65. The van der Waals surface area contributed by atoms with Gasteiger partial charge in [0.15, 0.2) is 0 Å². The summed E-state index contributed by atoms with van der Waals surface area (Å²) < 4.78 is 36.0. The Morgan fingerprint density at radius 1 is 1.19 bits per heavy atom. The summed E-state index contributed by atoms with van der Waals surface area (Å²) in [6.45, 7) is 4.66. The molecule has 0 aromatic rings. The molecule has 16 heavy (non-hydrogen) atoms. The molecular formula is C11H23F3N2. The maximum atomic E-state index is 12.0. The molecular weight excluding hydrogens is 217 g/mol. The third-order valence-electron chi connectivity index (χ3n) is 2.58. The van der Waals surface area contributed by atoms with Crippen molar-refractivity contribution < 1.29 is 13.2 Å². The predicted molar refractivity (Wildman–Crippen MR) is 60.5 cm³/mol. The molecule has 0 aromatic heterocycles. The van der Waals surface area contributed by atoms with Crippen molar-refractivity contribution in [1.82, 2.24) is 10.2 Å². The zero-order chi connectivity index (χ0) is 12.6. The molecule has 0 unspecified atom stereocenters. The average molecular weight is 240 g/mol. The summed E-state index contributed by atoms with van der Waals surface area (Å²) in [6.07, 6.45) is -1.20. The normalized spacial score (nSPS) is 12.8. The molecule has 0 atom stereocenters. The number of nitrogens with one attached hydrogen (secondary N) is 1.